The van der Waals surface area contributed by atoms with E-state index >= 15 is 0 Å². The average Bonchev–Trinajstić information content (AvgIpc) is 3.40. The Balaban J connectivity index is 1.21. The summed E-state index contributed by atoms with van der Waals surface area (Å²) in [6.45, 7) is 4.73. The number of carbonyl (C=O) groups excluding carboxylic acids is 1. The summed E-state index contributed by atoms with van der Waals surface area (Å²) in [6, 6.07) is 18.3. The molecule has 166 valence electrons. The molecule has 1 unspecified atom stereocenters. The standard InChI is InChI=1S/C26H30N4O2/c1-19-7-6-8-20(15-19)16-23(31)30-13-11-26(12-14-30)17-22(29(2)18-26)24-27-25(32-28-24)21-9-4-3-5-10-21/h3-10,15,22H,11-14,16-18H2,1-2H3. The Bertz CT molecular complexity index is 1090. The summed E-state index contributed by atoms with van der Waals surface area (Å²) in [5, 5.41) is 4.31. The van der Waals surface area contributed by atoms with Gasteiger partial charge < -0.3 is 9.42 Å². The van der Waals surface area contributed by atoms with Crippen molar-refractivity contribution in [2.24, 2.45) is 5.41 Å². The fraction of sp³-hybridized carbons (Fsp3) is 0.423. The molecule has 2 aliphatic rings. The molecule has 1 amide bonds. The van der Waals surface area contributed by atoms with Crippen LogP contribution in [0.15, 0.2) is 59.1 Å². The highest BCUT2D eigenvalue weighted by Gasteiger charge is 2.46. The average molecular weight is 431 g/mol. The minimum absolute atomic E-state index is 0.158. The van der Waals surface area contributed by atoms with Gasteiger partial charge in [0.05, 0.1) is 12.5 Å². The van der Waals surface area contributed by atoms with Gasteiger partial charge in [-0.25, -0.2) is 0 Å². The second-order valence-corrected chi connectivity index (χ2v) is 9.51. The van der Waals surface area contributed by atoms with Crippen LogP contribution in [0.25, 0.3) is 11.5 Å². The Hall–Kier alpha value is -2.99. The van der Waals surface area contributed by atoms with Crippen LogP contribution in [0.5, 0.6) is 0 Å². The summed E-state index contributed by atoms with van der Waals surface area (Å²) < 4.78 is 5.56. The molecule has 0 aliphatic carbocycles. The molecular formula is C26H30N4O2. The maximum atomic E-state index is 12.9. The highest BCUT2D eigenvalue weighted by Crippen LogP contribution is 2.47. The molecule has 5 rings (SSSR count). The van der Waals surface area contributed by atoms with Crippen LogP contribution >= 0.6 is 0 Å². The van der Waals surface area contributed by atoms with Crippen molar-refractivity contribution >= 4 is 5.91 Å². The number of likely N-dealkylation sites (tertiary alicyclic amines) is 2. The third kappa shape index (κ3) is 4.19. The first kappa shape index (κ1) is 20.9. The normalized spacial score (nSPS) is 20.7. The van der Waals surface area contributed by atoms with Gasteiger partial charge in [-0.15, -0.1) is 0 Å². The van der Waals surface area contributed by atoms with Gasteiger partial charge >= 0.3 is 0 Å². The van der Waals surface area contributed by atoms with Gasteiger partial charge in [-0.05, 0) is 56.3 Å². The van der Waals surface area contributed by atoms with Crippen molar-refractivity contribution in [1.29, 1.82) is 0 Å². The number of aromatic nitrogens is 2. The second-order valence-electron chi connectivity index (χ2n) is 9.51. The first-order chi connectivity index (χ1) is 15.5. The van der Waals surface area contributed by atoms with Gasteiger partial charge in [0.25, 0.3) is 5.89 Å². The van der Waals surface area contributed by atoms with E-state index in [1.807, 2.05) is 47.4 Å². The molecule has 6 nitrogen and oxygen atoms in total. The zero-order valence-electron chi connectivity index (χ0n) is 18.8. The van der Waals surface area contributed by atoms with Crippen molar-refractivity contribution < 1.29 is 9.32 Å². The predicted octanol–water partition coefficient (Wildman–Crippen LogP) is 4.27. The van der Waals surface area contributed by atoms with Crippen LogP contribution in [0, 0.1) is 12.3 Å². The van der Waals surface area contributed by atoms with Crippen molar-refractivity contribution in [1.82, 2.24) is 19.9 Å². The van der Waals surface area contributed by atoms with Crippen molar-refractivity contribution in [2.45, 2.75) is 38.6 Å². The molecule has 2 fully saturated rings. The van der Waals surface area contributed by atoms with Crippen molar-refractivity contribution in [2.75, 3.05) is 26.7 Å². The number of rotatable bonds is 4. The zero-order chi connectivity index (χ0) is 22.1. The van der Waals surface area contributed by atoms with Gasteiger partial charge in [0, 0.05) is 25.2 Å². The number of piperidine rings is 1. The summed E-state index contributed by atoms with van der Waals surface area (Å²) in [6.07, 6.45) is 3.55. The van der Waals surface area contributed by atoms with Crippen LogP contribution in [-0.4, -0.2) is 52.5 Å². The number of carbonyl (C=O) groups is 1. The molecule has 1 aromatic heterocycles. The maximum absolute atomic E-state index is 12.9. The van der Waals surface area contributed by atoms with E-state index in [0.717, 1.165) is 55.8 Å². The molecule has 6 heteroatoms. The summed E-state index contributed by atoms with van der Waals surface area (Å²) >= 11 is 0. The molecule has 2 aromatic carbocycles. The maximum Gasteiger partial charge on any atom is 0.257 e. The Labute approximate surface area is 189 Å². The van der Waals surface area contributed by atoms with Crippen molar-refractivity contribution in [3.8, 4) is 11.5 Å². The zero-order valence-corrected chi connectivity index (χ0v) is 18.8. The number of amides is 1. The minimum atomic E-state index is 0.158. The molecule has 1 atom stereocenters. The lowest BCUT2D eigenvalue weighted by Crippen LogP contribution is -2.44. The highest BCUT2D eigenvalue weighted by atomic mass is 16.5. The second kappa shape index (κ2) is 8.51. The highest BCUT2D eigenvalue weighted by molar-refractivity contribution is 5.79. The minimum Gasteiger partial charge on any atom is -0.342 e. The number of hydrogen-bond acceptors (Lipinski definition) is 5. The molecule has 1 spiro atoms. The van der Waals surface area contributed by atoms with Crippen LogP contribution in [0.4, 0.5) is 0 Å². The van der Waals surface area contributed by atoms with Crippen LogP contribution in [0.3, 0.4) is 0 Å². The van der Waals surface area contributed by atoms with Crippen LogP contribution in [0.2, 0.25) is 0 Å². The summed E-state index contributed by atoms with van der Waals surface area (Å²) in [4.78, 5) is 22.0. The molecule has 3 heterocycles. The van der Waals surface area contributed by atoms with Gasteiger partial charge in [-0.1, -0.05) is 53.2 Å². The molecule has 2 saturated heterocycles. The molecule has 32 heavy (non-hydrogen) atoms. The van der Waals surface area contributed by atoms with Crippen LogP contribution in [0.1, 0.15) is 42.3 Å². The van der Waals surface area contributed by atoms with Gasteiger partial charge in [0.2, 0.25) is 5.91 Å². The summed E-state index contributed by atoms with van der Waals surface area (Å²) in [5.41, 5.74) is 3.46. The molecule has 0 bridgehead atoms. The first-order valence-electron chi connectivity index (χ1n) is 11.4. The van der Waals surface area contributed by atoms with E-state index in [-0.39, 0.29) is 17.4 Å². The van der Waals surface area contributed by atoms with E-state index in [4.69, 9.17) is 9.51 Å². The fourth-order valence-corrected chi connectivity index (χ4v) is 5.33. The molecule has 0 N–H and O–H groups in total. The van der Waals surface area contributed by atoms with E-state index in [1.54, 1.807) is 0 Å². The van der Waals surface area contributed by atoms with Crippen molar-refractivity contribution in [3.05, 3.63) is 71.5 Å². The monoisotopic (exact) mass is 430 g/mol. The molecular weight excluding hydrogens is 400 g/mol. The van der Waals surface area contributed by atoms with E-state index < -0.39 is 0 Å². The number of benzene rings is 2. The Morgan fingerprint density at radius 3 is 2.66 bits per heavy atom. The predicted molar refractivity (Wildman–Crippen MR) is 123 cm³/mol. The number of nitrogens with zero attached hydrogens (tertiary/aromatic N) is 4. The number of aryl methyl sites for hydroxylation is 1. The quantitative estimate of drug-likeness (QED) is 0.618. The van der Waals surface area contributed by atoms with E-state index in [2.05, 4.69) is 36.2 Å². The van der Waals surface area contributed by atoms with Crippen LogP contribution in [-0.2, 0) is 11.2 Å². The first-order valence-corrected chi connectivity index (χ1v) is 11.4. The summed E-state index contributed by atoms with van der Waals surface area (Å²) in [7, 11) is 2.15. The topological polar surface area (TPSA) is 62.5 Å². The lowest BCUT2D eigenvalue weighted by Gasteiger charge is -2.39. The van der Waals surface area contributed by atoms with E-state index in [1.165, 1.54) is 5.56 Å². The van der Waals surface area contributed by atoms with Gasteiger partial charge in [0.1, 0.15) is 0 Å². The smallest absolute Gasteiger partial charge is 0.257 e. The van der Waals surface area contributed by atoms with E-state index in [9.17, 15) is 4.79 Å². The third-order valence-corrected chi connectivity index (χ3v) is 7.12. The Kier molecular flexibility index (Phi) is 5.55. The number of hydrogen-bond donors (Lipinski definition) is 0. The van der Waals surface area contributed by atoms with Crippen LogP contribution < -0.4 is 0 Å². The molecule has 2 aliphatic heterocycles. The van der Waals surface area contributed by atoms with E-state index in [0.29, 0.717) is 12.3 Å². The van der Waals surface area contributed by atoms with Gasteiger partial charge in [-0.2, -0.15) is 4.98 Å². The largest absolute Gasteiger partial charge is 0.342 e. The summed E-state index contributed by atoms with van der Waals surface area (Å²) in [5.74, 6) is 1.58. The lowest BCUT2D eigenvalue weighted by atomic mass is 9.76. The fourth-order valence-electron chi connectivity index (χ4n) is 5.33. The SMILES string of the molecule is Cc1cccc(CC(=O)N2CCC3(CC2)CC(c2noc(-c4ccccc4)n2)N(C)C3)c1. The molecule has 0 radical (unpaired) electrons. The van der Waals surface area contributed by atoms with Gasteiger partial charge in [0.15, 0.2) is 5.82 Å². The van der Waals surface area contributed by atoms with Gasteiger partial charge in [-0.3, -0.25) is 9.69 Å². The Morgan fingerprint density at radius 1 is 1.12 bits per heavy atom. The lowest BCUT2D eigenvalue weighted by molar-refractivity contribution is -0.132. The van der Waals surface area contributed by atoms with Crippen molar-refractivity contribution in [3.63, 3.8) is 0 Å². The molecule has 0 saturated carbocycles. The molecule has 3 aromatic rings. The Morgan fingerprint density at radius 2 is 1.91 bits per heavy atom. The third-order valence-electron chi connectivity index (χ3n) is 7.12.